The Labute approximate surface area is 151 Å². The van der Waals surface area contributed by atoms with Gasteiger partial charge in [-0.05, 0) is 44.6 Å². The lowest BCUT2D eigenvalue weighted by atomic mass is 10.0. The molecule has 1 N–H and O–H groups in total. The van der Waals surface area contributed by atoms with Gasteiger partial charge in [-0.3, -0.25) is 4.79 Å². The fraction of sp³-hybridized carbons (Fsp3) is 0.381. The molecule has 132 valence electrons. The minimum atomic E-state index is -0.0564. The Morgan fingerprint density at radius 2 is 1.96 bits per heavy atom. The molecule has 0 aliphatic heterocycles. The summed E-state index contributed by atoms with van der Waals surface area (Å²) < 4.78 is 5.54. The predicted octanol–water partition coefficient (Wildman–Crippen LogP) is 4.30. The zero-order chi connectivity index (χ0) is 17.7. The number of amides is 1. The molecule has 5 nitrogen and oxygen atoms in total. The molecule has 1 unspecified atom stereocenters. The largest absolute Gasteiger partial charge is 0.349 e. The van der Waals surface area contributed by atoms with Crippen LogP contribution >= 0.6 is 0 Å². The minimum Gasteiger partial charge on any atom is -0.349 e. The van der Waals surface area contributed by atoms with Crippen LogP contribution in [0.2, 0.25) is 0 Å². The maximum absolute atomic E-state index is 13.1. The van der Waals surface area contributed by atoms with E-state index in [1.165, 1.54) is 12.8 Å². The summed E-state index contributed by atoms with van der Waals surface area (Å²) in [5, 5.41) is 8.12. The Morgan fingerprint density at radius 3 is 2.65 bits per heavy atom. The van der Waals surface area contributed by atoms with Crippen LogP contribution in [0.1, 0.15) is 54.6 Å². The number of carbonyl (C=O) groups excluding carboxylic acids is 1. The molecule has 1 amide bonds. The third-order valence-electron chi connectivity index (χ3n) is 5.44. The molecule has 5 rings (SSSR count). The molecule has 3 aromatic rings. The van der Waals surface area contributed by atoms with Crippen molar-refractivity contribution in [1.29, 1.82) is 0 Å². The number of fused-ring (bicyclic) bond motifs is 1. The molecule has 2 saturated carbocycles. The maximum Gasteiger partial charge on any atom is 0.259 e. The average Bonchev–Trinajstić information content (AvgIpc) is 3.57. The Bertz CT molecular complexity index is 972. The zero-order valence-corrected chi connectivity index (χ0v) is 14.7. The molecule has 2 aliphatic carbocycles. The highest BCUT2D eigenvalue weighted by Gasteiger charge is 2.32. The molecule has 0 radical (unpaired) electrons. The fourth-order valence-corrected chi connectivity index (χ4v) is 3.53. The summed E-state index contributed by atoms with van der Waals surface area (Å²) in [6, 6.07) is 11.9. The van der Waals surface area contributed by atoms with Crippen molar-refractivity contribution in [3.05, 3.63) is 47.7 Å². The normalized spacial score (nSPS) is 18.0. The number of pyridine rings is 1. The van der Waals surface area contributed by atoms with E-state index in [0.717, 1.165) is 24.1 Å². The molecule has 2 fully saturated rings. The van der Waals surface area contributed by atoms with Gasteiger partial charge in [-0.2, -0.15) is 0 Å². The van der Waals surface area contributed by atoms with Crippen LogP contribution < -0.4 is 5.32 Å². The first-order valence-electron chi connectivity index (χ1n) is 9.37. The molecule has 26 heavy (non-hydrogen) atoms. The Balaban J connectivity index is 1.63. The standard InChI is InChI=1S/C21H21N3O2/c1-12(13-7-8-13)22-20(25)16-11-17(14-9-10-14)23-21-18(16)19(24-26-21)15-5-3-2-4-6-15/h2-6,11-14H,7-10H2,1H3,(H,22,25). The van der Waals surface area contributed by atoms with E-state index in [1.807, 2.05) is 36.4 Å². The molecule has 1 atom stereocenters. The van der Waals surface area contributed by atoms with Crippen molar-refractivity contribution in [1.82, 2.24) is 15.5 Å². The summed E-state index contributed by atoms with van der Waals surface area (Å²) in [6.07, 6.45) is 4.64. The number of aromatic nitrogens is 2. The summed E-state index contributed by atoms with van der Waals surface area (Å²) in [6.45, 7) is 2.08. The van der Waals surface area contributed by atoms with Gasteiger partial charge >= 0.3 is 0 Å². The summed E-state index contributed by atoms with van der Waals surface area (Å²) in [5.74, 6) is 0.992. The van der Waals surface area contributed by atoms with Gasteiger partial charge in [0, 0.05) is 23.2 Å². The predicted molar refractivity (Wildman–Crippen MR) is 98.9 cm³/mol. The lowest BCUT2D eigenvalue weighted by Crippen LogP contribution is -2.34. The smallest absolute Gasteiger partial charge is 0.259 e. The van der Waals surface area contributed by atoms with Gasteiger partial charge in [0.25, 0.3) is 11.6 Å². The lowest BCUT2D eigenvalue weighted by Gasteiger charge is -2.14. The van der Waals surface area contributed by atoms with Gasteiger partial charge in [-0.25, -0.2) is 4.98 Å². The molecule has 1 aromatic carbocycles. The molecule has 2 aromatic heterocycles. The molecule has 0 bridgehead atoms. The van der Waals surface area contributed by atoms with Crippen molar-refractivity contribution in [3.8, 4) is 11.3 Å². The van der Waals surface area contributed by atoms with E-state index >= 15 is 0 Å². The van der Waals surface area contributed by atoms with Crippen molar-refractivity contribution in [2.24, 2.45) is 5.92 Å². The van der Waals surface area contributed by atoms with E-state index in [-0.39, 0.29) is 11.9 Å². The number of benzene rings is 1. The highest BCUT2D eigenvalue weighted by atomic mass is 16.5. The van der Waals surface area contributed by atoms with E-state index in [0.29, 0.717) is 34.2 Å². The van der Waals surface area contributed by atoms with Crippen LogP contribution in [-0.2, 0) is 0 Å². The first kappa shape index (κ1) is 15.6. The number of nitrogens with one attached hydrogen (secondary N) is 1. The Morgan fingerprint density at radius 1 is 1.19 bits per heavy atom. The van der Waals surface area contributed by atoms with Gasteiger partial charge in [-0.1, -0.05) is 35.5 Å². The summed E-state index contributed by atoms with van der Waals surface area (Å²) >= 11 is 0. The van der Waals surface area contributed by atoms with Crippen LogP contribution in [0, 0.1) is 5.92 Å². The van der Waals surface area contributed by atoms with Crippen molar-refractivity contribution in [2.75, 3.05) is 0 Å². The van der Waals surface area contributed by atoms with E-state index in [2.05, 4.69) is 22.4 Å². The SMILES string of the molecule is CC(NC(=O)c1cc(C2CC2)nc2onc(-c3ccccc3)c12)C1CC1. The molecule has 0 spiro atoms. The highest BCUT2D eigenvalue weighted by molar-refractivity contribution is 6.09. The van der Waals surface area contributed by atoms with Gasteiger partial charge < -0.3 is 9.84 Å². The summed E-state index contributed by atoms with van der Waals surface area (Å²) in [4.78, 5) is 17.7. The van der Waals surface area contributed by atoms with Gasteiger partial charge in [-0.15, -0.1) is 0 Å². The third kappa shape index (κ3) is 2.77. The van der Waals surface area contributed by atoms with Crippen LogP contribution in [0.3, 0.4) is 0 Å². The van der Waals surface area contributed by atoms with Crippen molar-refractivity contribution >= 4 is 17.0 Å². The van der Waals surface area contributed by atoms with Gasteiger partial charge in [0.1, 0.15) is 5.69 Å². The molecule has 2 aliphatic rings. The number of hydrogen-bond donors (Lipinski definition) is 1. The van der Waals surface area contributed by atoms with Crippen LogP contribution in [0.5, 0.6) is 0 Å². The van der Waals surface area contributed by atoms with Crippen LogP contribution in [0.15, 0.2) is 40.9 Å². The lowest BCUT2D eigenvalue weighted by molar-refractivity contribution is 0.0937. The van der Waals surface area contributed by atoms with Gasteiger partial charge in [0.2, 0.25) is 0 Å². The average molecular weight is 347 g/mol. The van der Waals surface area contributed by atoms with Crippen molar-refractivity contribution < 1.29 is 9.32 Å². The maximum atomic E-state index is 13.1. The quantitative estimate of drug-likeness (QED) is 0.747. The molecular weight excluding hydrogens is 326 g/mol. The van der Waals surface area contributed by atoms with Crippen LogP contribution in [0.4, 0.5) is 0 Å². The first-order valence-corrected chi connectivity index (χ1v) is 9.37. The molecular formula is C21H21N3O2. The van der Waals surface area contributed by atoms with Crippen molar-refractivity contribution in [2.45, 2.75) is 44.6 Å². The van der Waals surface area contributed by atoms with Gasteiger partial charge in [0.05, 0.1) is 10.9 Å². The topological polar surface area (TPSA) is 68.0 Å². The second kappa shape index (κ2) is 5.94. The Hall–Kier alpha value is -2.69. The molecule has 2 heterocycles. The minimum absolute atomic E-state index is 0.0564. The first-order chi connectivity index (χ1) is 12.7. The number of hydrogen-bond acceptors (Lipinski definition) is 4. The van der Waals surface area contributed by atoms with Crippen LogP contribution in [-0.4, -0.2) is 22.1 Å². The second-order valence-electron chi connectivity index (χ2n) is 7.55. The number of carbonyl (C=O) groups is 1. The number of rotatable bonds is 5. The van der Waals surface area contributed by atoms with Crippen LogP contribution in [0.25, 0.3) is 22.4 Å². The van der Waals surface area contributed by atoms with E-state index in [4.69, 9.17) is 4.52 Å². The third-order valence-corrected chi connectivity index (χ3v) is 5.44. The van der Waals surface area contributed by atoms with E-state index in [9.17, 15) is 4.79 Å². The monoisotopic (exact) mass is 347 g/mol. The fourth-order valence-electron chi connectivity index (χ4n) is 3.53. The van der Waals surface area contributed by atoms with E-state index in [1.54, 1.807) is 0 Å². The number of nitrogens with zero attached hydrogens (tertiary/aromatic N) is 2. The van der Waals surface area contributed by atoms with Crippen molar-refractivity contribution in [3.63, 3.8) is 0 Å². The van der Waals surface area contributed by atoms with E-state index < -0.39 is 0 Å². The zero-order valence-electron chi connectivity index (χ0n) is 14.7. The summed E-state index contributed by atoms with van der Waals surface area (Å²) in [5.41, 5.74) is 3.63. The second-order valence-corrected chi connectivity index (χ2v) is 7.55. The Kier molecular flexibility index (Phi) is 3.55. The highest BCUT2D eigenvalue weighted by Crippen LogP contribution is 2.41. The molecule has 5 heteroatoms. The summed E-state index contributed by atoms with van der Waals surface area (Å²) in [7, 11) is 0. The molecule has 0 saturated heterocycles. The van der Waals surface area contributed by atoms with Gasteiger partial charge in [0.15, 0.2) is 0 Å².